The minimum absolute atomic E-state index is 0.352. The van der Waals surface area contributed by atoms with Gasteiger partial charge in [-0.2, -0.15) is 0 Å². The van der Waals surface area contributed by atoms with Crippen LogP contribution in [0, 0.1) is 0 Å². The molecule has 0 bridgehead atoms. The maximum atomic E-state index is 11.9. The molecule has 1 aromatic rings. The van der Waals surface area contributed by atoms with E-state index in [0.29, 0.717) is 31.0 Å². The molecule has 0 saturated carbocycles. The molecule has 0 spiro atoms. The smallest absolute Gasteiger partial charge is 0.328 e. The fourth-order valence-corrected chi connectivity index (χ4v) is 1.79. The number of aliphatic carboxylic acids is 1. The number of anilines is 1. The van der Waals surface area contributed by atoms with Gasteiger partial charge in [0.2, 0.25) is 0 Å². The number of carboxylic acids is 1. The lowest BCUT2D eigenvalue weighted by Gasteiger charge is -2.19. The van der Waals surface area contributed by atoms with Gasteiger partial charge in [0.15, 0.2) is 0 Å². The van der Waals surface area contributed by atoms with Crippen molar-refractivity contribution in [1.82, 2.24) is 0 Å². The summed E-state index contributed by atoms with van der Waals surface area (Å²) in [6.45, 7) is 1.06. The molecule has 0 fully saturated rings. The van der Waals surface area contributed by atoms with E-state index in [1.807, 2.05) is 12.1 Å². The number of fused-ring (bicyclic) bond motifs is 1. The molecule has 18 heavy (non-hydrogen) atoms. The highest BCUT2D eigenvalue weighted by atomic mass is 16.5. The minimum atomic E-state index is -1.14. The molecule has 5 heteroatoms. The van der Waals surface area contributed by atoms with E-state index < -0.39 is 5.97 Å². The van der Waals surface area contributed by atoms with Gasteiger partial charge >= 0.3 is 5.97 Å². The van der Waals surface area contributed by atoms with Crippen molar-refractivity contribution in [3.63, 3.8) is 0 Å². The van der Waals surface area contributed by atoms with Crippen molar-refractivity contribution in [2.24, 2.45) is 0 Å². The normalized spacial score (nSPS) is 14.8. The standard InChI is InChI=1S/C13H13NO4/c15-12(6-7-13(16)17)14-8-3-9-18-11-5-2-1-4-10(11)14/h1-2,4-7H,3,8-9H2,(H,16,17)/b7-6+. The molecule has 5 nitrogen and oxygen atoms in total. The average Bonchev–Trinajstić information content (AvgIpc) is 2.58. The Balaban J connectivity index is 2.27. The van der Waals surface area contributed by atoms with Crippen molar-refractivity contribution >= 4 is 17.6 Å². The number of carboxylic acid groups (broad SMARTS) is 1. The van der Waals surface area contributed by atoms with E-state index in [1.54, 1.807) is 12.1 Å². The summed E-state index contributed by atoms with van der Waals surface area (Å²) in [5, 5.41) is 8.53. The number of nitrogens with zero attached hydrogens (tertiary/aromatic N) is 1. The molecule has 1 heterocycles. The number of hydrogen-bond donors (Lipinski definition) is 1. The minimum Gasteiger partial charge on any atom is -0.491 e. The first-order valence-corrected chi connectivity index (χ1v) is 5.63. The fraction of sp³-hybridized carbons (Fsp3) is 0.231. The fourth-order valence-electron chi connectivity index (χ4n) is 1.79. The highest BCUT2D eigenvalue weighted by Crippen LogP contribution is 2.30. The largest absolute Gasteiger partial charge is 0.491 e. The first kappa shape index (κ1) is 12.2. The van der Waals surface area contributed by atoms with E-state index in [2.05, 4.69) is 0 Å². The summed E-state index contributed by atoms with van der Waals surface area (Å²) in [5.41, 5.74) is 0.676. The number of hydrogen-bond acceptors (Lipinski definition) is 3. The van der Waals surface area contributed by atoms with Gasteiger partial charge in [0.05, 0.1) is 12.3 Å². The van der Waals surface area contributed by atoms with E-state index in [4.69, 9.17) is 9.84 Å². The van der Waals surface area contributed by atoms with Crippen LogP contribution in [0.15, 0.2) is 36.4 Å². The van der Waals surface area contributed by atoms with Crippen LogP contribution in [0.2, 0.25) is 0 Å². The summed E-state index contributed by atoms with van der Waals surface area (Å²) < 4.78 is 5.52. The Bertz CT molecular complexity index is 496. The summed E-state index contributed by atoms with van der Waals surface area (Å²) >= 11 is 0. The van der Waals surface area contributed by atoms with Crippen LogP contribution >= 0.6 is 0 Å². The van der Waals surface area contributed by atoms with Crippen LogP contribution in [0.3, 0.4) is 0 Å². The van der Waals surface area contributed by atoms with Gasteiger partial charge in [0, 0.05) is 18.7 Å². The SMILES string of the molecule is O=C(O)/C=C/C(=O)N1CCCOc2ccccc21. The summed E-state index contributed by atoms with van der Waals surface area (Å²) in [4.78, 5) is 23.9. The molecule has 1 aliphatic heterocycles. The number of benzene rings is 1. The third-order valence-corrected chi connectivity index (χ3v) is 2.57. The van der Waals surface area contributed by atoms with Crippen LogP contribution in [0.5, 0.6) is 5.75 Å². The molecule has 0 saturated heterocycles. The molecule has 1 aliphatic rings. The van der Waals surface area contributed by atoms with Crippen LogP contribution in [0.25, 0.3) is 0 Å². The Morgan fingerprint density at radius 2 is 2.06 bits per heavy atom. The van der Waals surface area contributed by atoms with E-state index in [1.165, 1.54) is 4.90 Å². The van der Waals surface area contributed by atoms with Gasteiger partial charge in [-0.3, -0.25) is 4.79 Å². The molecule has 1 N–H and O–H groups in total. The van der Waals surface area contributed by atoms with Crippen LogP contribution < -0.4 is 9.64 Å². The third kappa shape index (κ3) is 2.68. The molecular weight excluding hydrogens is 234 g/mol. The van der Waals surface area contributed by atoms with Crippen molar-refractivity contribution in [2.45, 2.75) is 6.42 Å². The molecule has 1 amide bonds. The molecule has 2 rings (SSSR count). The predicted molar refractivity (Wildman–Crippen MR) is 65.7 cm³/mol. The monoisotopic (exact) mass is 247 g/mol. The maximum absolute atomic E-state index is 11.9. The van der Waals surface area contributed by atoms with Gasteiger partial charge in [-0.1, -0.05) is 12.1 Å². The van der Waals surface area contributed by atoms with Crippen LogP contribution in [-0.4, -0.2) is 30.1 Å². The Hall–Kier alpha value is -2.30. The third-order valence-electron chi connectivity index (χ3n) is 2.57. The van der Waals surface area contributed by atoms with Gasteiger partial charge < -0.3 is 14.7 Å². The maximum Gasteiger partial charge on any atom is 0.328 e. The van der Waals surface area contributed by atoms with E-state index in [9.17, 15) is 9.59 Å². The second-order valence-electron chi connectivity index (χ2n) is 3.83. The zero-order chi connectivity index (χ0) is 13.0. The summed E-state index contributed by atoms with van der Waals surface area (Å²) in [6, 6.07) is 7.23. The van der Waals surface area contributed by atoms with E-state index in [-0.39, 0.29) is 5.91 Å². The highest BCUT2D eigenvalue weighted by Gasteiger charge is 2.20. The summed E-state index contributed by atoms with van der Waals surface area (Å²) in [5.74, 6) is -0.842. The Morgan fingerprint density at radius 1 is 1.28 bits per heavy atom. The molecule has 0 atom stereocenters. The van der Waals surface area contributed by atoms with Crippen LogP contribution in [0.4, 0.5) is 5.69 Å². The van der Waals surface area contributed by atoms with Crippen molar-refractivity contribution in [3.05, 3.63) is 36.4 Å². The summed E-state index contributed by atoms with van der Waals surface area (Å²) in [7, 11) is 0. The number of rotatable bonds is 2. The number of carbonyl (C=O) groups excluding carboxylic acids is 1. The lowest BCUT2D eigenvalue weighted by atomic mass is 10.2. The number of amides is 1. The molecule has 1 aromatic carbocycles. The van der Waals surface area contributed by atoms with Crippen molar-refractivity contribution in [1.29, 1.82) is 0 Å². The first-order chi connectivity index (χ1) is 8.68. The quantitative estimate of drug-likeness (QED) is 0.803. The lowest BCUT2D eigenvalue weighted by molar-refractivity contribution is -0.131. The van der Waals surface area contributed by atoms with Gasteiger partial charge in [-0.15, -0.1) is 0 Å². The predicted octanol–water partition coefficient (Wildman–Crippen LogP) is 1.44. The van der Waals surface area contributed by atoms with Crippen LogP contribution in [-0.2, 0) is 9.59 Å². The lowest BCUT2D eigenvalue weighted by Crippen LogP contribution is -2.29. The zero-order valence-electron chi connectivity index (χ0n) is 9.70. The second kappa shape index (κ2) is 5.35. The van der Waals surface area contributed by atoms with Crippen molar-refractivity contribution < 1.29 is 19.4 Å². The second-order valence-corrected chi connectivity index (χ2v) is 3.83. The first-order valence-electron chi connectivity index (χ1n) is 5.63. The van der Waals surface area contributed by atoms with E-state index in [0.717, 1.165) is 12.2 Å². The van der Waals surface area contributed by atoms with Gasteiger partial charge in [0.1, 0.15) is 5.75 Å². The van der Waals surface area contributed by atoms with Gasteiger partial charge in [-0.05, 0) is 18.6 Å². The van der Waals surface area contributed by atoms with Crippen molar-refractivity contribution in [2.75, 3.05) is 18.1 Å². The molecule has 0 unspecified atom stereocenters. The number of para-hydroxylation sites is 2. The molecule has 0 radical (unpaired) electrons. The number of carbonyl (C=O) groups is 2. The van der Waals surface area contributed by atoms with Crippen molar-refractivity contribution in [3.8, 4) is 5.75 Å². The van der Waals surface area contributed by atoms with Gasteiger partial charge in [-0.25, -0.2) is 4.79 Å². The average molecular weight is 247 g/mol. The highest BCUT2D eigenvalue weighted by molar-refractivity contribution is 6.04. The van der Waals surface area contributed by atoms with Crippen LogP contribution in [0.1, 0.15) is 6.42 Å². The zero-order valence-corrected chi connectivity index (χ0v) is 9.70. The Kier molecular flexibility index (Phi) is 3.62. The topological polar surface area (TPSA) is 66.8 Å². The molecular formula is C13H13NO4. The molecule has 0 aliphatic carbocycles. The Labute approximate surface area is 104 Å². The molecule has 0 aromatic heterocycles. The summed E-state index contributed by atoms with van der Waals surface area (Å²) in [6.07, 6.45) is 2.61. The Morgan fingerprint density at radius 3 is 2.83 bits per heavy atom. The molecule has 94 valence electrons. The van der Waals surface area contributed by atoms with E-state index >= 15 is 0 Å². The number of ether oxygens (including phenoxy) is 1. The van der Waals surface area contributed by atoms with Gasteiger partial charge in [0.25, 0.3) is 5.91 Å².